The second-order valence-electron chi connectivity index (χ2n) is 5.16. The van der Waals surface area contributed by atoms with Gasteiger partial charge in [0.1, 0.15) is 0 Å². The summed E-state index contributed by atoms with van der Waals surface area (Å²) < 4.78 is 0. The minimum absolute atomic E-state index is 0.583. The monoisotopic (exact) mass is 184 g/mol. The van der Waals surface area contributed by atoms with Crippen LogP contribution in [0.1, 0.15) is 39.5 Å². The van der Waals surface area contributed by atoms with E-state index in [1.54, 1.807) is 0 Å². The number of nitrogens with zero attached hydrogens (tertiary/aromatic N) is 1. The van der Waals surface area contributed by atoms with E-state index in [1.807, 2.05) is 0 Å². The molecule has 0 atom stereocenters. The Hall–Kier alpha value is -0.0800. The van der Waals surface area contributed by atoms with Crippen molar-refractivity contribution in [1.29, 1.82) is 0 Å². The predicted octanol–water partition coefficient (Wildman–Crippen LogP) is 1.85. The second-order valence-corrected chi connectivity index (χ2v) is 5.16. The van der Waals surface area contributed by atoms with Gasteiger partial charge in [0.2, 0.25) is 0 Å². The van der Waals surface area contributed by atoms with E-state index in [4.69, 9.17) is 5.73 Å². The third-order valence-corrected chi connectivity index (χ3v) is 3.41. The maximum Gasteiger partial charge on any atom is 0.0104 e. The molecule has 1 aliphatic rings. The van der Waals surface area contributed by atoms with Crippen LogP contribution in [0.25, 0.3) is 0 Å². The Morgan fingerprint density at radius 2 is 1.85 bits per heavy atom. The van der Waals surface area contributed by atoms with Crippen molar-refractivity contribution >= 4 is 0 Å². The zero-order valence-electron chi connectivity index (χ0n) is 9.34. The van der Waals surface area contributed by atoms with E-state index >= 15 is 0 Å². The van der Waals surface area contributed by atoms with Crippen molar-refractivity contribution in [2.75, 3.05) is 20.1 Å². The van der Waals surface area contributed by atoms with E-state index < -0.39 is 0 Å². The normalized spacial score (nSPS) is 23.8. The topological polar surface area (TPSA) is 29.3 Å². The minimum atomic E-state index is 0.583. The van der Waals surface area contributed by atoms with Crippen LogP contribution in [0.3, 0.4) is 0 Å². The molecule has 0 radical (unpaired) electrons. The molecule has 1 fully saturated rings. The molecule has 0 aromatic heterocycles. The Morgan fingerprint density at radius 3 is 2.31 bits per heavy atom. The first-order valence-electron chi connectivity index (χ1n) is 5.45. The maximum atomic E-state index is 5.55. The first-order chi connectivity index (χ1) is 6.05. The first-order valence-corrected chi connectivity index (χ1v) is 5.45. The summed E-state index contributed by atoms with van der Waals surface area (Å²) in [7, 11) is 2.20. The van der Waals surface area contributed by atoms with Crippen LogP contribution >= 0.6 is 0 Å². The number of rotatable bonds is 3. The number of hydrogen-bond acceptors (Lipinski definition) is 2. The number of nitrogens with two attached hydrogens (primary N) is 1. The lowest BCUT2D eigenvalue weighted by atomic mass is 9.75. The molecular weight excluding hydrogens is 160 g/mol. The third-order valence-electron chi connectivity index (χ3n) is 3.41. The summed E-state index contributed by atoms with van der Waals surface area (Å²) in [6.45, 7) is 6.60. The summed E-state index contributed by atoms with van der Waals surface area (Å²) >= 11 is 0. The van der Waals surface area contributed by atoms with Crippen molar-refractivity contribution in [2.24, 2.45) is 11.1 Å². The molecule has 78 valence electrons. The quantitative estimate of drug-likeness (QED) is 0.725. The van der Waals surface area contributed by atoms with Gasteiger partial charge in [-0.2, -0.15) is 0 Å². The lowest BCUT2D eigenvalue weighted by molar-refractivity contribution is 0.130. The smallest absolute Gasteiger partial charge is 0.0104 e. The Labute approximate surface area is 82.5 Å². The predicted molar refractivity (Wildman–Crippen MR) is 57.7 cm³/mol. The van der Waals surface area contributed by atoms with Gasteiger partial charge < -0.3 is 10.6 Å². The SMILES string of the molecule is CN(CCN)C1CCC(C)(C)CC1. The molecule has 0 amide bonds. The molecule has 0 heterocycles. The summed E-state index contributed by atoms with van der Waals surface area (Å²) in [5.74, 6) is 0. The number of likely N-dealkylation sites (N-methyl/N-ethyl adjacent to an activating group) is 1. The molecule has 0 aromatic carbocycles. The lowest BCUT2D eigenvalue weighted by Gasteiger charge is -2.38. The molecule has 0 aromatic rings. The highest BCUT2D eigenvalue weighted by Gasteiger charge is 2.28. The fourth-order valence-corrected chi connectivity index (χ4v) is 2.21. The van der Waals surface area contributed by atoms with Gasteiger partial charge in [-0.05, 0) is 38.1 Å². The van der Waals surface area contributed by atoms with Crippen LogP contribution in [0.4, 0.5) is 0 Å². The van der Waals surface area contributed by atoms with Crippen molar-refractivity contribution < 1.29 is 0 Å². The van der Waals surface area contributed by atoms with Crippen LogP contribution in [0.2, 0.25) is 0 Å². The number of hydrogen-bond donors (Lipinski definition) is 1. The molecule has 1 rings (SSSR count). The summed E-state index contributed by atoms with van der Waals surface area (Å²) in [5.41, 5.74) is 6.13. The molecule has 0 bridgehead atoms. The van der Waals surface area contributed by atoms with Crippen LogP contribution < -0.4 is 5.73 Å². The highest BCUT2D eigenvalue weighted by molar-refractivity contribution is 4.82. The van der Waals surface area contributed by atoms with Crippen molar-refractivity contribution in [3.8, 4) is 0 Å². The van der Waals surface area contributed by atoms with E-state index in [2.05, 4.69) is 25.8 Å². The van der Waals surface area contributed by atoms with E-state index in [0.29, 0.717) is 5.41 Å². The van der Waals surface area contributed by atoms with E-state index in [1.165, 1.54) is 25.7 Å². The molecule has 0 spiro atoms. The van der Waals surface area contributed by atoms with Gasteiger partial charge in [-0.3, -0.25) is 0 Å². The molecule has 0 saturated heterocycles. The van der Waals surface area contributed by atoms with Gasteiger partial charge >= 0.3 is 0 Å². The van der Waals surface area contributed by atoms with Gasteiger partial charge in [-0.1, -0.05) is 13.8 Å². The second kappa shape index (κ2) is 4.43. The Morgan fingerprint density at radius 1 is 1.31 bits per heavy atom. The molecular formula is C11H24N2. The van der Waals surface area contributed by atoms with Crippen LogP contribution in [0, 0.1) is 5.41 Å². The van der Waals surface area contributed by atoms with Crippen LogP contribution in [-0.4, -0.2) is 31.1 Å². The van der Waals surface area contributed by atoms with Gasteiger partial charge in [0.15, 0.2) is 0 Å². The standard InChI is InChI=1S/C11H24N2/c1-11(2)6-4-10(5-7-11)13(3)9-8-12/h10H,4-9,12H2,1-3H3. The zero-order chi connectivity index (χ0) is 9.90. The molecule has 1 aliphatic carbocycles. The third kappa shape index (κ3) is 3.28. The molecule has 2 N–H and O–H groups in total. The fourth-order valence-electron chi connectivity index (χ4n) is 2.21. The highest BCUT2D eigenvalue weighted by Crippen LogP contribution is 2.36. The Balaban J connectivity index is 2.32. The summed E-state index contributed by atoms with van der Waals surface area (Å²) in [6, 6.07) is 0.788. The fraction of sp³-hybridized carbons (Fsp3) is 1.00. The van der Waals surface area contributed by atoms with Gasteiger partial charge in [0, 0.05) is 19.1 Å². The summed E-state index contributed by atoms with van der Waals surface area (Å²) in [6.07, 6.45) is 5.44. The van der Waals surface area contributed by atoms with Gasteiger partial charge in [0.05, 0.1) is 0 Å². The molecule has 0 aliphatic heterocycles. The van der Waals surface area contributed by atoms with Crippen LogP contribution in [0.15, 0.2) is 0 Å². The largest absolute Gasteiger partial charge is 0.329 e. The van der Waals surface area contributed by atoms with Crippen molar-refractivity contribution in [1.82, 2.24) is 4.90 Å². The van der Waals surface area contributed by atoms with Crippen molar-refractivity contribution in [3.63, 3.8) is 0 Å². The molecule has 13 heavy (non-hydrogen) atoms. The summed E-state index contributed by atoms with van der Waals surface area (Å²) in [4.78, 5) is 2.43. The highest BCUT2D eigenvalue weighted by atomic mass is 15.1. The van der Waals surface area contributed by atoms with Gasteiger partial charge in [-0.25, -0.2) is 0 Å². The van der Waals surface area contributed by atoms with Gasteiger partial charge in [-0.15, -0.1) is 0 Å². The van der Waals surface area contributed by atoms with Crippen LogP contribution in [0.5, 0.6) is 0 Å². The average Bonchev–Trinajstić information content (AvgIpc) is 2.04. The van der Waals surface area contributed by atoms with E-state index in [-0.39, 0.29) is 0 Å². The Kier molecular flexibility index (Phi) is 3.74. The van der Waals surface area contributed by atoms with Crippen molar-refractivity contribution in [2.45, 2.75) is 45.6 Å². The van der Waals surface area contributed by atoms with Crippen molar-refractivity contribution in [3.05, 3.63) is 0 Å². The molecule has 2 heteroatoms. The summed E-state index contributed by atoms with van der Waals surface area (Å²) in [5, 5.41) is 0. The molecule has 1 saturated carbocycles. The molecule has 0 unspecified atom stereocenters. The zero-order valence-corrected chi connectivity index (χ0v) is 9.34. The lowest BCUT2D eigenvalue weighted by Crippen LogP contribution is -2.39. The van der Waals surface area contributed by atoms with Gasteiger partial charge in [0.25, 0.3) is 0 Å². The van der Waals surface area contributed by atoms with E-state index in [9.17, 15) is 0 Å². The average molecular weight is 184 g/mol. The van der Waals surface area contributed by atoms with Crippen LogP contribution in [-0.2, 0) is 0 Å². The Bertz CT molecular complexity index is 144. The minimum Gasteiger partial charge on any atom is -0.329 e. The maximum absolute atomic E-state index is 5.55. The first kappa shape index (κ1) is 11.0. The molecule has 2 nitrogen and oxygen atoms in total. The van der Waals surface area contributed by atoms with E-state index in [0.717, 1.165) is 19.1 Å².